The topological polar surface area (TPSA) is 17.8 Å². The molecule has 0 N–H and O–H groups in total. The van der Waals surface area contributed by atoms with E-state index in [-0.39, 0.29) is 5.82 Å². The highest BCUT2D eigenvalue weighted by Crippen LogP contribution is 2.22. The van der Waals surface area contributed by atoms with Crippen LogP contribution in [0.1, 0.15) is 17.0 Å². The molecule has 0 unspecified atom stereocenters. The van der Waals surface area contributed by atoms with Gasteiger partial charge in [-0.1, -0.05) is 24.3 Å². The Balaban J connectivity index is 2.11. The summed E-state index contributed by atoms with van der Waals surface area (Å²) in [7, 11) is 0. The highest BCUT2D eigenvalue weighted by molar-refractivity contribution is 6.16. The van der Waals surface area contributed by atoms with Crippen LogP contribution in [0.25, 0.3) is 11.0 Å². The van der Waals surface area contributed by atoms with E-state index in [0.717, 1.165) is 28.0 Å². The summed E-state index contributed by atoms with van der Waals surface area (Å²) in [6.45, 7) is 2.70. The lowest BCUT2D eigenvalue weighted by Crippen LogP contribution is -2.04. The van der Waals surface area contributed by atoms with Crippen LogP contribution in [0.5, 0.6) is 0 Å². The number of fused-ring (bicyclic) bond motifs is 1. The number of aromatic nitrogens is 2. The number of aryl methyl sites for hydroxylation is 1. The summed E-state index contributed by atoms with van der Waals surface area (Å²) in [5.41, 5.74) is 4.23. The molecule has 0 saturated heterocycles. The maximum atomic E-state index is 13.0. The van der Waals surface area contributed by atoms with Gasteiger partial charge < -0.3 is 4.57 Å². The van der Waals surface area contributed by atoms with Crippen LogP contribution >= 0.6 is 11.6 Å². The van der Waals surface area contributed by atoms with Gasteiger partial charge in [0, 0.05) is 6.54 Å². The lowest BCUT2D eigenvalue weighted by molar-refractivity contribution is 0.626. The molecule has 20 heavy (non-hydrogen) atoms. The number of hydrogen-bond acceptors (Lipinski definition) is 1. The Labute approximate surface area is 121 Å². The predicted molar refractivity (Wildman–Crippen MR) is 79.5 cm³/mol. The van der Waals surface area contributed by atoms with Gasteiger partial charge >= 0.3 is 0 Å². The third-order valence-corrected chi connectivity index (χ3v) is 3.66. The minimum absolute atomic E-state index is 0.224. The monoisotopic (exact) mass is 288 g/mol. The maximum absolute atomic E-state index is 13.0. The average molecular weight is 289 g/mol. The first-order valence-electron chi connectivity index (χ1n) is 6.44. The third kappa shape index (κ3) is 2.29. The summed E-state index contributed by atoms with van der Waals surface area (Å²) in [5, 5.41) is 0. The quantitative estimate of drug-likeness (QED) is 0.658. The van der Waals surface area contributed by atoms with Crippen LogP contribution in [0.4, 0.5) is 4.39 Å². The summed E-state index contributed by atoms with van der Waals surface area (Å²) >= 11 is 6.00. The first-order valence-corrected chi connectivity index (χ1v) is 6.97. The molecule has 3 rings (SSSR count). The Morgan fingerprint density at radius 2 is 1.90 bits per heavy atom. The standard InChI is InChI=1S/C16H14ClFN2/c1-11-3-2-4-14-16(11)20(15(9-17)19-14)10-12-5-7-13(18)8-6-12/h2-8H,9-10H2,1H3. The van der Waals surface area contributed by atoms with Crippen molar-refractivity contribution >= 4 is 22.6 Å². The van der Waals surface area contributed by atoms with Crippen molar-refractivity contribution in [2.24, 2.45) is 0 Å². The Morgan fingerprint density at radius 1 is 1.15 bits per heavy atom. The zero-order chi connectivity index (χ0) is 14.1. The van der Waals surface area contributed by atoms with Crippen LogP contribution in [-0.4, -0.2) is 9.55 Å². The van der Waals surface area contributed by atoms with Crippen LogP contribution < -0.4 is 0 Å². The molecular formula is C16H14ClFN2. The van der Waals surface area contributed by atoms with Crippen LogP contribution in [-0.2, 0) is 12.4 Å². The molecule has 0 amide bonds. The average Bonchev–Trinajstić information content (AvgIpc) is 2.81. The van der Waals surface area contributed by atoms with Crippen molar-refractivity contribution in [1.82, 2.24) is 9.55 Å². The first kappa shape index (κ1) is 13.1. The van der Waals surface area contributed by atoms with E-state index in [1.165, 1.54) is 12.1 Å². The second-order valence-electron chi connectivity index (χ2n) is 4.82. The molecule has 0 bridgehead atoms. The molecule has 0 aliphatic rings. The molecule has 0 saturated carbocycles. The van der Waals surface area contributed by atoms with E-state index < -0.39 is 0 Å². The maximum Gasteiger partial charge on any atom is 0.125 e. The smallest absolute Gasteiger partial charge is 0.125 e. The van der Waals surface area contributed by atoms with Crippen LogP contribution in [0.15, 0.2) is 42.5 Å². The lowest BCUT2D eigenvalue weighted by Gasteiger charge is -2.09. The Hall–Kier alpha value is -1.87. The highest BCUT2D eigenvalue weighted by atomic mass is 35.5. The predicted octanol–water partition coefficient (Wildman–Crippen LogP) is 4.27. The molecule has 0 aliphatic heterocycles. The number of imidazole rings is 1. The largest absolute Gasteiger partial charge is 0.322 e. The molecule has 0 spiro atoms. The van der Waals surface area contributed by atoms with Crippen molar-refractivity contribution in [2.45, 2.75) is 19.3 Å². The second-order valence-corrected chi connectivity index (χ2v) is 5.08. The summed E-state index contributed by atoms with van der Waals surface area (Å²) in [4.78, 5) is 4.56. The molecule has 3 aromatic rings. The van der Waals surface area contributed by atoms with E-state index >= 15 is 0 Å². The van der Waals surface area contributed by atoms with E-state index in [9.17, 15) is 4.39 Å². The van der Waals surface area contributed by atoms with Crippen molar-refractivity contribution in [1.29, 1.82) is 0 Å². The second kappa shape index (κ2) is 5.25. The molecule has 4 heteroatoms. The lowest BCUT2D eigenvalue weighted by atomic mass is 10.2. The third-order valence-electron chi connectivity index (χ3n) is 3.42. The number of halogens is 2. The van der Waals surface area contributed by atoms with Crippen molar-refractivity contribution < 1.29 is 4.39 Å². The van der Waals surface area contributed by atoms with Gasteiger partial charge in [0.05, 0.1) is 16.9 Å². The molecule has 1 heterocycles. The minimum Gasteiger partial charge on any atom is -0.322 e. The minimum atomic E-state index is -0.224. The zero-order valence-electron chi connectivity index (χ0n) is 11.1. The molecule has 102 valence electrons. The van der Waals surface area contributed by atoms with Crippen LogP contribution in [0, 0.1) is 12.7 Å². The number of rotatable bonds is 3. The number of hydrogen-bond donors (Lipinski definition) is 0. The van der Waals surface area contributed by atoms with E-state index in [0.29, 0.717) is 12.4 Å². The van der Waals surface area contributed by atoms with E-state index in [1.807, 2.05) is 12.1 Å². The summed E-state index contributed by atoms with van der Waals surface area (Å²) < 4.78 is 15.1. The van der Waals surface area contributed by atoms with Gasteiger partial charge in [0.15, 0.2) is 0 Å². The highest BCUT2D eigenvalue weighted by Gasteiger charge is 2.12. The molecule has 0 radical (unpaired) electrons. The molecule has 1 aromatic heterocycles. The van der Waals surface area contributed by atoms with Crippen LogP contribution in [0.2, 0.25) is 0 Å². The van der Waals surface area contributed by atoms with Gasteiger partial charge in [-0.2, -0.15) is 0 Å². The summed E-state index contributed by atoms with van der Waals surface area (Å²) in [6, 6.07) is 12.6. The van der Waals surface area contributed by atoms with E-state index in [2.05, 4.69) is 22.5 Å². The molecule has 0 fully saturated rings. The fourth-order valence-electron chi connectivity index (χ4n) is 2.46. The van der Waals surface area contributed by atoms with Crippen molar-refractivity contribution in [3.63, 3.8) is 0 Å². The van der Waals surface area contributed by atoms with E-state index in [4.69, 9.17) is 11.6 Å². The summed E-state index contributed by atoms with van der Waals surface area (Å²) in [5.74, 6) is 0.966. The van der Waals surface area contributed by atoms with Gasteiger partial charge in [-0.05, 0) is 36.2 Å². The van der Waals surface area contributed by atoms with Gasteiger partial charge in [0.1, 0.15) is 11.6 Å². The SMILES string of the molecule is Cc1cccc2nc(CCl)n(Cc3ccc(F)cc3)c12. The van der Waals surface area contributed by atoms with Gasteiger partial charge in [0.2, 0.25) is 0 Å². The molecule has 0 aliphatic carbocycles. The molecule has 0 atom stereocenters. The van der Waals surface area contributed by atoms with Crippen LogP contribution in [0.3, 0.4) is 0 Å². The van der Waals surface area contributed by atoms with Gasteiger partial charge in [-0.15, -0.1) is 11.6 Å². The Morgan fingerprint density at radius 3 is 2.60 bits per heavy atom. The number of nitrogens with zero attached hydrogens (tertiary/aromatic N) is 2. The van der Waals surface area contributed by atoms with Gasteiger partial charge in [0.25, 0.3) is 0 Å². The van der Waals surface area contributed by atoms with Crippen molar-refractivity contribution in [3.8, 4) is 0 Å². The molecule has 2 aromatic carbocycles. The van der Waals surface area contributed by atoms with E-state index in [1.54, 1.807) is 12.1 Å². The van der Waals surface area contributed by atoms with Gasteiger partial charge in [-0.25, -0.2) is 9.37 Å². The molecular weight excluding hydrogens is 275 g/mol. The Kier molecular flexibility index (Phi) is 3.45. The first-order chi connectivity index (χ1) is 9.69. The Bertz CT molecular complexity index is 747. The fraction of sp³-hybridized carbons (Fsp3) is 0.188. The fourth-order valence-corrected chi connectivity index (χ4v) is 2.66. The van der Waals surface area contributed by atoms with Crippen molar-refractivity contribution in [2.75, 3.05) is 0 Å². The normalized spacial score (nSPS) is 11.2. The summed E-state index contributed by atoms with van der Waals surface area (Å²) in [6.07, 6.45) is 0. The number of alkyl halides is 1. The molecule has 2 nitrogen and oxygen atoms in total. The zero-order valence-corrected chi connectivity index (χ0v) is 11.9. The van der Waals surface area contributed by atoms with Crippen molar-refractivity contribution in [3.05, 3.63) is 65.2 Å². The number of para-hydroxylation sites is 1. The van der Waals surface area contributed by atoms with Gasteiger partial charge in [-0.3, -0.25) is 0 Å². The number of benzene rings is 2.